The summed E-state index contributed by atoms with van der Waals surface area (Å²) < 4.78 is 13.2. The van der Waals surface area contributed by atoms with Gasteiger partial charge < -0.3 is 10.2 Å². The number of nitrogens with zero attached hydrogens (tertiary/aromatic N) is 1. The fourth-order valence-corrected chi connectivity index (χ4v) is 3.91. The molecule has 0 aromatic heterocycles. The van der Waals surface area contributed by atoms with Crippen molar-refractivity contribution in [2.45, 2.75) is 18.9 Å². The highest BCUT2D eigenvalue weighted by Gasteiger charge is 2.30. The van der Waals surface area contributed by atoms with E-state index in [2.05, 4.69) is 28.4 Å². The van der Waals surface area contributed by atoms with Gasteiger partial charge in [-0.1, -0.05) is 17.7 Å². The molecule has 2 aromatic carbocycles. The van der Waals surface area contributed by atoms with Gasteiger partial charge in [-0.2, -0.15) is 0 Å². The van der Waals surface area contributed by atoms with Gasteiger partial charge in [0.15, 0.2) is 0 Å². The Morgan fingerprint density at radius 2 is 2.05 bits per heavy atom. The number of fused-ring (bicyclic) bond motifs is 3. The van der Waals surface area contributed by atoms with E-state index in [1.165, 1.54) is 29.8 Å². The average molecular weight is 317 g/mol. The van der Waals surface area contributed by atoms with Gasteiger partial charge >= 0.3 is 0 Å². The molecular formula is C18H18ClFN2. The highest BCUT2D eigenvalue weighted by Crippen LogP contribution is 2.38. The summed E-state index contributed by atoms with van der Waals surface area (Å²) in [6.07, 6.45) is 2.27. The molecular weight excluding hydrogens is 299 g/mol. The van der Waals surface area contributed by atoms with Crippen molar-refractivity contribution in [2.24, 2.45) is 0 Å². The van der Waals surface area contributed by atoms with Gasteiger partial charge in [0.05, 0.1) is 5.02 Å². The minimum Gasteiger partial charge on any atom is -0.367 e. The molecule has 22 heavy (non-hydrogen) atoms. The first-order valence-corrected chi connectivity index (χ1v) is 8.16. The smallest absolute Gasteiger partial charge is 0.124 e. The van der Waals surface area contributed by atoms with Crippen LogP contribution in [0.2, 0.25) is 5.02 Å². The molecule has 2 aliphatic rings. The summed E-state index contributed by atoms with van der Waals surface area (Å²) in [5.41, 5.74) is 4.69. The van der Waals surface area contributed by atoms with E-state index in [1.54, 1.807) is 6.07 Å². The first-order chi connectivity index (χ1) is 10.7. The molecule has 114 valence electrons. The van der Waals surface area contributed by atoms with Gasteiger partial charge in [0.1, 0.15) is 5.82 Å². The van der Waals surface area contributed by atoms with Crippen molar-refractivity contribution in [3.8, 4) is 11.1 Å². The summed E-state index contributed by atoms with van der Waals surface area (Å²) in [6, 6.07) is 11.7. The van der Waals surface area contributed by atoms with Gasteiger partial charge in [-0.25, -0.2) is 4.39 Å². The molecule has 1 saturated heterocycles. The lowest BCUT2D eigenvalue weighted by atomic mass is 10.0. The van der Waals surface area contributed by atoms with Crippen molar-refractivity contribution in [1.82, 2.24) is 5.32 Å². The first-order valence-electron chi connectivity index (χ1n) is 7.78. The normalized spacial score (nSPS) is 20.5. The van der Waals surface area contributed by atoms with Crippen molar-refractivity contribution < 1.29 is 4.39 Å². The van der Waals surface area contributed by atoms with Crippen LogP contribution in [0.4, 0.5) is 10.1 Å². The zero-order chi connectivity index (χ0) is 15.1. The highest BCUT2D eigenvalue weighted by molar-refractivity contribution is 6.33. The topological polar surface area (TPSA) is 15.3 Å². The molecule has 2 nitrogen and oxygen atoms in total. The second-order valence-corrected chi connectivity index (χ2v) is 6.46. The van der Waals surface area contributed by atoms with Crippen molar-refractivity contribution in [2.75, 3.05) is 24.5 Å². The number of benzene rings is 2. The zero-order valence-corrected chi connectivity index (χ0v) is 13.0. The standard InChI is InChI=1S/C18H18ClFN2/c19-17-11-14(20)2-3-16(17)12-1-4-18-13(9-12)10-15-5-6-21-7-8-22(15)18/h1-4,9,11,15,21H,5-8,10H2. The van der Waals surface area contributed by atoms with E-state index >= 15 is 0 Å². The van der Waals surface area contributed by atoms with E-state index in [-0.39, 0.29) is 5.82 Å². The number of halogens is 2. The van der Waals surface area contributed by atoms with Gasteiger partial charge in [0.2, 0.25) is 0 Å². The van der Waals surface area contributed by atoms with Gasteiger partial charge in [-0.05, 0) is 60.8 Å². The maximum absolute atomic E-state index is 13.2. The molecule has 0 aliphatic carbocycles. The number of nitrogens with one attached hydrogen (secondary N) is 1. The second kappa shape index (κ2) is 5.56. The van der Waals surface area contributed by atoms with Crippen LogP contribution < -0.4 is 10.2 Å². The largest absolute Gasteiger partial charge is 0.367 e. The third-order valence-corrected chi connectivity index (χ3v) is 5.02. The molecule has 4 rings (SSSR count). The highest BCUT2D eigenvalue weighted by atomic mass is 35.5. The predicted molar refractivity (Wildman–Crippen MR) is 89.2 cm³/mol. The Kier molecular flexibility index (Phi) is 3.55. The molecule has 0 amide bonds. The number of rotatable bonds is 1. The van der Waals surface area contributed by atoms with Crippen molar-refractivity contribution in [3.05, 3.63) is 52.8 Å². The Bertz CT molecular complexity index is 716. The third kappa shape index (κ3) is 2.38. The summed E-state index contributed by atoms with van der Waals surface area (Å²) in [7, 11) is 0. The first kappa shape index (κ1) is 14.0. The van der Waals surface area contributed by atoms with Gasteiger partial charge in [-0.15, -0.1) is 0 Å². The van der Waals surface area contributed by atoms with Crippen LogP contribution in [0.3, 0.4) is 0 Å². The maximum atomic E-state index is 13.2. The van der Waals surface area contributed by atoms with E-state index in [4.69, 9.17) is 11.6 Å². The van der Waals surface area contributed by atoms with Gasteiger partial charge in [-0.3, -0.25) is 0 Å². The zero-order valence-electron chi connectivity index (χ0n) is 12.3. The molecule has 2 aliphatic heterocycles. The van der Waals surface area contributed by atoms with Crippen LogP contribution in [-0.4, -0.2) is 25.7 Å². The SMILES string of the molecule is Fc1ccc(-c2ccc3c(c2)CC2CCNCCN32)c(Cl)c1. The minimum absolute atomic E-state index is 0.296. The van der Waals surface area contributed by atoms with Gasteiger partial charge in [0.25, 0.3) is 0 Å². The Balaban J connectivity index is 1.71. The van der Waals surface area contributed by atoms with Crippen molar-refractivity contribution in [1.29, 1.82) is 0 Å². The summed E-state index contributed by atoms with van der Waals surface area (Å²) >= 11 is 6.20. The minimum atomic E-state index is -0.296. The van der Waals surface area contributed by atoms with Crippen LogP contribution in [0.25, 0.3) is 11.1 Å². The van der Waals surface area contributed by atoms with Crippen LogP contribution in [-0.2, 0) is 6.42 Å². The molecule has 4 heteroatoms. The van der Waals surface area contributed by atoms with Crippen LogP contribution >= 0.6 is 11.6 Å². The van der Waals surface area contributed by atoms with E-state index in [0.29, 0.717) is 11.1 Å². The lowest BCUT2D eigenvalue weighted by Gasteiger charge is -2.24. The van der Waals surface area contributed by atoms with E-state index in [9.17, 15) is 4.39 Å². The molecule has 0 bridgehead atoms. The Morgan fingerprint density at radius 1 is 1.14 bits per heavy atom. The lowest BCUT2D eigenvalue weighted by Crippen LogP contribution is -2.32. The number of hydrogen-bond donors (Lipinski definition) is 1. The monoisotopic (exact) mass is 316 g/mol. The van der Waals surface area contributed by atoms with E-state index < -0.39 is 0 Å². The summed E-state index contributed by atoms with van der Waals surface area (Å²) in [5, 5.41) is 3.93. The fourth-order valence-electron chi connectivity index (χ4n) is 3.64. The molecule has 2 aromatic rings. The second-order valence-electron chi connectivity index (χ2n) is 6.06. The Morgan fingerprint density at radius 3 is 2.91 bits per heavy atom. The van der Waals surface area contributed by atoms with Crippen LogP contribution in [0.5, 0.6) is 0 Å². The molecule has 0 saturated carbocycles. The Labute approximate surface area is 134 Å². The molecule has 1 atom stereocenters. The van der Waals surface area contributed by atoms with Gasteiger partial charge in [0, 0.05) is 30.4 Å². The maximum Gasteiger partial charge on any atom is 0.124 e. The summed E-state index contributed by atoms with van der Waals surface area (Å²) in [4.78, 5) is 2.52. The molecule has 1 fully saturated rings. The summed E-state index contributed by atoms with van der Waals surface area (Å²) in [6.45, 7) is 3.20. The van der Waals surface area contributed by atoms with Crippen molar-refractivity contribution >= 4 is 17.3 Å². The number of hydrogen-bond acceptors (Lipinski definition) is 2. The quantitative estimate of drug-likeness (QED) is 0.859. The molecule has 2 heterocycles. The summed E-state index contributed by atoms with van der Waals surface area (Å²) in [5.74, 6) is -0.296. The Hall–Kier alpha value is -1.58. The third-order valence-electron chi connectivity index (χ3n) is 4.71. The molecule has 0 spiro atoms. The lowest BCUT2D eigenvalue weighted by molar-refractivity contribution is 0.612. The average Bonchev–Trinajstić information content (AvgIpc) is 2.68. The van der Waals surface area contributed by atoms with Crippen LogP contribution in [0.15, 0.2) is 36.4 Å². The van der Waals surface area contributed by atoms with Crippen LogP contribution in [0.1, 0.15) is 12.0 Å². The molecule has 1 N–H and O–H groups in total. The fraction of sp³-hybridized carbons (Fsp3) is 0.333. The molecule has 1 unspecified atom stereocenters. The van der Waals surface area contributed by atoms with E-state index in [0.717, 1.165) is 37.2 Å². The molecule has 0 radical (unpaired) electrons. The predicted octanol–water partition coefficient (Wildman–Crippen LogP) is 3.87. The van der Waals surface area contributed by atoms with Crippen molar-refractivity contribution in [3.63, 3.8) is 0 Å². The van der Waals surface area contributed by atoms with E-state index in [1.807, 2.05) is 0 Å². The number of anilines is 1. The van der Waals surface area contributed by atoms with Crippen LogP contribution in [0, 0.1) is 5.82 Å².